The highest BCUT2D eigenvalue weighted by atomic mass is 79.9. The van der Waals surface area contributed by atoms with E-state index in [4.69, 9.17) is 0 Å². The monoisotopic (exact) mass is 295 g/mol. The molecule has 1 aliphatic rings. The molecular weight excluding hydrogens is 274 g/mol. The maximum Gasteiger partial charge on any atom is 0.0222 e. The molecule has 0 unspecified atom stereocenters. The van der Waals surface area contributed by atoms with Gasteiger partial charge < -0.3 is 5.32 Å². The Labute approximate surface area is 113 Å². The van der Waals surface area contributed by atoms with Gasteiger partial charge in [0.2, 0.25) is 0 Å². The molecule has 1 nitrogen and oxygen atoms in total. The predicted molar refractivity (Wildman–Crippen MR) is 77.2 cm³/mol. The van der Waals surface area contributed by atoms with Gasteiger partial charge in [-0.1, -0.05) is 41.4 Å². The molecule has 0 saturated heterocycles. The lowest BCUT2D eigenvalue weighted by Crippen LogP contribution is -2.39. The van der Waals surface area contributed by atoms with Gasteiger partial charge in [0.05, 0.1) is 0 Å². The van der Waals surface area contributed by atoms with E-state index in [1.54, 1.807) is 0 Å². The molecule has 0 aromatic heterocycles. The minimum Gasteiger partial charge on any atom is -0.312 e. The fraction of sp³-hybridized carbons (Fsp3) is 0.600. The minimum atomic E-state index is 0.608. The van der Waals surface area contributed by atoms with E-state index < -0.39 is 0 Å². The fourth-order valence-electron chi connectivity index (χ4n) is 2.59. The molecule has 1 fully saturated rings. The average molecular weight is 296 g/mol. The van der Waals surface area contributed by atoms with Crippen LogP contribution in [0.3, 0.4) is 0 Å². The largest absolute Gasteiger partial charge is 0.312 e. The van der Waals surface area contributed by atoms with Crippen LogP contribution in [0.1, 0.15) is 43.7 Å². The summed E-state index contributed by atoms with van der Waals surface area (Å²) in [6, 6.07) is 6.59. The maximum absolute atomic E-state index is 3.64. The normalized spacial score (nSPS) is 17.8. The van der Waals surface area contributed by atoms with E-state index in [0.717, 1.165) is 6.54 Å². The van der Waals surface area contributed by atoms with Gasteiger partial charge >= 0.3 is 0 Å². The van der Waals surface area contributed by atoms with Gasteiger partial charge in [-0.15, -0.1) is 0 Å². The highest BCUT2D eigenvalue weighted by Gasteiger charge is 2.34. The van der Waals surface area contributed by atoms with Gasteiger partial charge in [-0.2, -0.15) is 0 Å². The summed E-state index contributed by atoms with van der Waals surface area (Å²) in [5, 5.41) is 3.63. The smallest absolute Gasteiger partial charge is 0.0222 e. The van der Waals surface area contributed by atoms with Crippen molar-refractivity contribution in [1.82, 2.24) is 5.32 Å². The molecule has 1 aromatic carbocycles. The molecule has 1 aliphatic carbocycles. The van der Waals surface area contributed by atoms with Crippen LogP contribution in [0.15, 0.2) is 22.7 Å². The van der Waals surface area contributed by atoms with Crippen molar-refractivity contribution in [3.05, 3.63) is 33.8 Å². The standard InChI is InChI=1S/C15H22BrN/c1-3-15(7-4-8-15)11-17-10-13-6-5-12(2)9-14(13)16/h5-6,9,17H,3-4,7-8,10-11H2,1-2H3. The van der Waals surface area contributed by atoms with Crippen molar-refractivity contribution in [2.45, 2.75) is 46.1 Å². The van der Waals surface area contributed by atoms with Gasteiger partial charge in [-0.3, -0.25) is 0 Å². The number of benzene rings is 1. The molecule has 0 spiro atoms. The van der Waals surface area contributed by atoms with Crippen LogP contribution in [-0.2, 0) is 6.54 Å². The number of rotatable bonds is 5. The topological polar surface area (TPSA) is 12.0 Å². The van der Waals surface area contributed by atoms with Crippen LogP contribution in [0.4, 0.5) is 0 Å². The molecule has 2 rings (SSSR count). The Morgan fingerprint density at radius 1 is 1.35 bits per heavy atom. The Kier molecular flexibility index (Phi) is 4.26. The molecule has 0 radical (unpaired) electrons. The van der Waals surface area contributed by atoms with Gasteiger partial charge in [0.15, 0.2) is 0 Å². The Hall–Kier alpha value is -0.340. The first kappa shape index (κ1) is 13.1. The lowest BCUT2D eigenvalue weighted by molar-refractivity contribution is 0.124. The maximum atomic E-state index is 3.64. The highest BCUT2D eigenvalue weighted by molar-refractivity contribution is 9.10. The van der Waals surface area contributed by atoms with Crippen molar-refractivity contribution < 1.29 is 0 Å². The summed E-state index contributed by atoms with van der Waals surface area (Å²) in [5.74, 6) is 0. The summed E-state index contributed by atoms with van der Waals surface area (Å²) >= 11 is 3.64. The van der Waals surface area contributed by atoms with E-state index in [-0.39, 0.29) is 0 Å². The molecule has 17 heavy (non-hydrogen) atoms. The molecule has 1 saturated carbocycles. The Bertz CT molecular complexity index is 377. The first-order valence-electron chi connectivity index (χ1n) is 6.61. The number of aryl methyl sites for hydroxylation is 1. The lowest BCUT2D eigenvalue weighted by atomic mass is 9.67. The van der Waals surface area contributed by atoms with Gasteiger partial charge in [-0.25, -0.2) is 0 Å². The van der Waals surface area contributed by atoms with Crippen LogP contribution in [0, 0.1) is 12.3 Å². The van der Waals surface area contributed by atoms with E-state index in [2.05, 4.69) is 53.3 Å². The Morgan fingerprint density at radius 3 is 2.65 bits per heavy atom. The molecule has 94 valence electrons. The summed E-state index contributed by atoms with van der Waals surface area (Å²) < 4.78 is 1.23. The zero-order valence-corrected chi connectivity index (χ0v) is 12.4. The van der Waals surface area contributed by atoms with Crippen molar-refractivity contribution in [2.24, 2.45) is 5.41 Å². The van der Waals surface area contributed by atoms with Gasteiger partial charge in [0.1, 0.15) is 0 Å². The number of hydrogen-bond donors (Lipinski definition) is 1. The average Bonchev–Trinajstić information content (AvgIpc) is 2.25. The third-order valence-corrected chi connectivity index (χ3v) is 4.93. The summed E-state index contributed by atoms with van der Waals surface area (Å²) in [4.78, 5) is 0. The van der Waals surface area contributed by atoms with Crippen molar-refractivity contribution in [2.75, 3.05) is 6.54 Å². The SMILES string of the molecule is CCC1(CNCc2ccc(C)cc2Br)CCC1. The summed E-state index contributed by atoms with van der Waals surface area (Å²) in [5.41, 5.74) is 3.28. The first-order valence-corrected chi connectivity index (χ1v) is 7.40. The second-order valence-electron chi connectivity index (χ2n) is 5.41. The van der Waals surface area contributed by atoms with Gasteiger partial charge in [0.25, 0.3) is 0 Å². The van der Waals surface area contributed by atoms with E-state index in [1.807, 2.05) is 0 Å². The van der Waals surface area contributed by atoms with Crippen LogP contribution < -0.4 is 5.32 Å². The van der Waals surface area contributed by atoms with Crippen molar-refractivity contribution in [3.8, 4) is 0 Å². The lowest BCUT2D eigenvalue weighted by Gasteiger charge is -2.41. The molecule has 0 aliphatic heterocycles. The van der Waals surface area contributed by atoms with E-state index >= 15 is 0 Å². The second kappa shape index (κ2) is 5.53. The van der Waals surface area contributed by atoms with Crippen LogP contribution in [0.5, 0.6) is 0 Å². The van der Waals surface area contributed by atoms with Crippen LogP contribution in [-0.4, -0.2) is 6.54 Å². The zero-order chi connectivity index (χ0) is 12.3. The molecule has 0 amide bonds. The van der Waals surface area contributed by atoms with Crippen molar-refractivity contribution in [3.63, 3.8) is 0 Å². The van der Waals surface area contributed by atoms with Gasteiger partial charge in [0, 0.05) is 17.6 Å². The minimum absolute atomic E-state index is 0.608. The third-order valence-electron chi connectivity index (χ3n) is 4.19. The first-order chi connectivity index (χ1) is 8.15. The quantitative estimate of drug-likeness (QED) is 0.847. The summed E-state index contributed by atoms with van der Waals surface area (Å²) in [6.45, 7) is 6.59. The molecular formula is C15H22BrN. The second-order valence-corrected chi connectivity index (χ2v) is 6.26. The van der Waals surface area contributed by atoms with Crippen LogP contribution in [0.2, 0.25) is 0 Å². The molecule has 2 heteroatoms. The molecule has 0 heterocycles. The number of nitrogens with one attached hydrogen (secondary N) is 1. The number of hydrogen-bond acceptors (Lipinski definition) is 1. The van der Waals surface area contributed by atoms with Crippen molar-refractivity contribution >= 4 is 15.9 Å². The van der Waals surface area contributed by atoms with Crippen LogP contribution >= 0.6 is 15.9 Å². The summed E-state index contributed by atoms with van der Waals surface area (Å²) in [7, 11) is 0. The van der Waals surface area contributed by atoms with Gasteiger partial charge in [-0.05, 0) is 48.8 Å². The Morgan fingerprint density at radius 2 is 2.12 bits per heavy atom. The predicted octanol–water partition coefficient (Wildman–Crippen LogP) is 4.43. The van der Waals surface area contributed by atoms with E-state index in [0.29, 0.717) is 5.41 Å². The zero-order valence-electron chi connectivity index (χ0n) is 10.9. The summed E-state index contributed by atoms with van der Waals surface area (Å²) in [6.07, 6.45) is 5.55. The van der Waals surface area contributed by atoms with Crippen LogP contribution in [0.25, 0.3) is 0 Å². The Balaban J connectivity index is 1.85. The fourth-order valence-corrected chi connectivity index (χ4v) is 3.22. The van der Waals surface area contributed by atoms with E-state index in [9.17, 15) is 0 Å². The van der Waals surface area contributed by atoms with Crippen molar-refractivity contribution in [1.29, 1.82) is 0 Å². The third kappa shape index (κ3) is 3.11. The molecule has 0 bridgehead atoms. The molecule has 1 N–H and O–H groups in total. The number of halogens is 1. The van der Waals surface area contributed by atoms with E-state index in [1.165, 1.54) is 47.8 Å². The molecule has 1 aromatic rings. The highest BCUT2D eigenvalue weighted by Crippen LogP contribution is 2.43. The molecule has 0 atom stereocenters.